The van der Waals surface area contributed by atoms with Crippen LogP contribution in [0.4, 0.5) is 0 Å². The van der Waals surface area contributed by atoms with E-state index >= 15 is 0 Å². The standard InChI is InChI=1S/C15H21N5O/c1-11(2)20-14(7-9-17-20)15(21)19-10-4-3-5-13(19)12-6-8-16-18-12/h6-9,11,13H,3-5,10H2,1-2H3,(H,16,18). The second-order valence-electron chi connectivity index (χ2n) is 5.78. The molecule has 1 atom stereocenters. The van der Waals surface area contributed by atoms with E-state index in [-0.39, 0.29) is 18.0 Å². The zero-order chi connectivity index (χ0) is 14.8. The van der Waals surface area contributed by atoms with Crippen LogP contribution in [0.15, 0.2) is 24.5 Å². The second kappa shape index (κ2) is 5.71. The van der Waals surface area contributed by atoms with E-state index < -0.39 is 0 Å². The van der Waals surface area contributed by atoms with Crippen molar-refractivity contribution >= 4 is 5.91 Å². The van der Waals surface area contributed by atoms with Gasteiger partial charge in [-0.3, -0.25) is 14.6 Å². The predicted octanol–water partition coefficient (Wildman–Crippen LogP) is 2.55. The quantitative estimate of drug-likeness (QED) is 0.943. The lowest BCUT2D eigenvalue weighted by molar-refractivity contribution is 0.0591. The number of H-pyrrole nitrogens is 1. The molecule has 0 saturated carbocycles. The maximum atomic E-state index is 12.9. The Morgan fingerprint density at radius 2 is 2.19 bits per heavy atom. The summed E-state index contributed by atoms with van der Waals surface area (Å²) in [6, 6.07) is 4.02. The summed E-state index contributed by atoms with van der Waals surface area (Å²) in [4.78, 5) is 14.9. The van der Waals surface area contributed by atoms with E-state index in [0.717, 1.165) is 31.5 Å². The Morgan fingerprint density at radius 3 is 2.90 bits per heavy atom. The first-order valence-electron chi connectivity index (χ1n) is 7.52. The molecule has 2 aromatic rings. The first kappa shape index (κ1) is 13.9. The highest BCUT2D eigenvalue weighted by Crippen LogP contribution is 2.31. The smallest absolute Gasteiger partial charge is 0.272 e. The van der Waals surface area contributed by atoms with E-state index in [1.54, 1.807) is 23.1 Å². The van der Waals surface area contributed by atoms with Crippen molar-refractivity contribution in [3.63, 3.8) is 0 Å². The van der Waals surface area contributed by atoms with Gasteiger partial charge in [0.25, 0.3) is 5.91 Å². The number of rotatable bonds is 3. The Labute approximate surface area is 124 Å². The van der Waals surface area contributed by atoms with Gasteiger partial charge in [-0.25, -0.2) is 0 Å². The van der Waals surface area contributed by atoms with Gasteiger partial charge in [-0.15, -0.1) is 0 Å². The molecule has 0 bridgehead atoms. The van der Waals surface area contributed by atoms with E-state index in [1.165, 1.54) is 0 Å². The molecule has 0 aliphatic carbocycles. The van der Waals surface area contributed by atoms with Crippen LogP contribution in [0, 0.1) is 0 Å². The molecule has 6 nitrogen and oxygen atoms in total. The number of amides is 1. The molecule has 1 fully saturated rings. The molecule has 3 heterocycles. The molecule has 1 saturated heterocycles. The van der Waals surface area contributed by atoms with Crippen molar-refractivity contribution < 1.29 is 4.79 Å². The number of hydrogen-bond donors (Lipinski definition) is 1. The lowest BCUT2D eigenvalue weighted by Crippen LogP contribution is -2.39. The Morgan fingerprint density at radius 1 is 1.33 bits per heavy atom. The minimum absolute atomic E-state index is 0.0560. The summed E-state index contributed by atoms with van der Waals surface area (Å²) in [5.74, 6) is 0.0560. The van der Waals surface area contributed by atoms with Crippen LogP contribution in [0.1, 0.15) is 61.4 Å². The van der Waals surface area contributed by atoms with E-state index in [4.69, 9.17) is 0 Å². The fourth-order valence-corrected chi connectivity index (χ4v) is 2.99. The number of carbonyl (C=O) groups excluding carboxylic acids is 1. The van der Waals surface area contributed by atoms with E-state index in [2.05, 4.69) is 15.3 Å². The third-order valence-electron chi connectivity index (χ3n) is 4.02. The van der Waals surface area contributed by atoms with Gasteiger partial charge in [-0.2, -0.15) is 10.2 Å². The van der Waals surface area contributed by atoms with Crippen molar-refractivity contribution in [2.24, 2.45) is 0 Å². The third-order valence-corrected chi connectivity index (χ3v) is 4.02. The second-order valence-corrected chi connectivity index (χ2v) is 5.78. The summed E-state index contributed by atoms with van der Waals surface area (Å²) in [6.07, 6.45) is 6.60. The monoisotopic (exact) mass is 287 g/mol. The number of piperidine rings is 1. The van der Waals surface area contributed by atoms with Gasteiger partial charge in [0, 0.05) is 25.0 Å². The molecule has 21 heavy (non-hydrogen) atoms. The zero-order valence-electron chi connectivity index (χ0n) is 12.5. The van der Waals surface area contributed by atoms with Gasteiger partial charge < -0.3 is 4.90 Å². The zero-order valence-corrected chi connectivity index (χ0v) is 12.5. The van der Waals surface area contributed by atoms with E-state index in [0.29, 0.717) is 5.69 Å². The van der Waals surface area contributed by atoms with Crippen LogP contribution < -0.4 is 0 Å². The molecule has 112 valence electrons. The maximum absolute atomic E-state index is 12.9. The number of carbonyl (C=O) groups is 1. The maximum Gasteiger partial charge on any atom is 0.272 e. The highest BCUT2D eigenvalue weighted by Gasteiger charge is 2.31. The van der Waals surface area contributed by atoms with E-state index in [1.807, 2.05) is 24.8 Å². The molecule has 0 spiro atoms. The summed E-state index contributed by atoms with van der Waals surface area (Å²) in [7, 11) is 0. The van der Waals surface area contributed by atoms with Crippen LogP contribution in [0.25, 0.3) is 0 Å². The average Bonchev–Trinajstić information content (AvgIpc) is 3.17. The van der Waals surface area contributed by atoms with Crippen LogP contribution in [0.2, 0.25) is 0 Å². The van der Waals surface area contributed by atoms with Crippen molar-refractivity contribution in [1.82, 2.24) is 24.9 Å². The number of nitrogens with one attached hydrogen (secondary N) is 1. The Kier molecular flexibility index (Phi) is 3.77. The summed E-state index contributed by atoms with van der Waals surface area (Å²) in [5, 5.41) is 11.3. The lowest BCUT2D eigenvalue weighted by Gasteiger charge is -2.35. The molecular weight excluding hydrogens is 266 g/mol. The fraction of sp³-hybridized carbons (Fsp3) is 0.533. The first-order valence-corrected chi connectivity index (χ1v) is 7.52. The molecule has 1 aliphatic heterocycles. The lowest BCUT2D eigenvalue weighted by atomic mass is 9.99. The van der Waals surface area contributed by atoms with Gasteiger partial charge in [0.15, 0.2) is 0 Å². The molecule has 0 radical (unpaired) electrons. The van der Waals surface area contributed by atoms with Crippen LogP contribution >= 0.6 is 0 Å². The highest BCUT2D eigenvalue weighted by molar-refractivity contribution is 5.93. The Hall–Kier alpha value is -2.11. The number of likely N-dealkylation sites (tertiary alicyclic amines) is 1. The first-order chi connectivity index (χ1) is 10.2. The largest absolute Gasteiger partial charge is 0.329 e. The van der Waals surface area contributed by atoms with Gasteiger partial charge in [-0.1, -0.05) is 0 Å². The summed E-state index contributed by atoms with van der Waals surface area (Å²) in [5.41, 5.74) is 1.68. The highest BCUT2D eigenvalue weighted by atomic mass is 16.2. The van der Waals surface area contributed by atoms with Crippen LogP contribution in [-0.4, -0.2) is 37.3 Å². The minimum Gasteiger partial charge on any atom is -0.329 e. The van der Waals surface area contributed by atoms with Crippen LogP contribution in [-0.2, 0) is 0 Å². The molecule has 1 unspecified atom stereocenters. The third kappa shape index (κ3) is 2.57. The van der Waals surface area contributed by atoms with Crippen molar-refractivity contribution in [1.29, 1.82) is 0 Å². The molecule has 6 heteroatoms. The minimum atomic E-state index is 0.0560. The molecule has 1 amide bonds. The molecule has 2 aromatic heterocycles. The van der Waals surface area contributed by atoms with Gasteiger partial charge in [0.1, 0.15) is 5.69 Å². The van der Waals surface area contributed by atoms with Gasteiger partial charge in [0.2, 0.25) is 0 Å². The van der Waals surface area contributed by atoms with Crippen LogP contribution in [0.3, 0.4) is 0 Å². The number of aromatic nitrogens is 4. The number of hydrogen-bond acceptors (Lipinski definition) is 3. The van der Waals surface area contributed by atoms with Crippen LogP contribution in [0.5, 0.6) is 0 Å². The van der Waals surface area contributed by atoms with Gasteiger partial charge in [0.05, 0.1) is 11.7 Å². The Bertz CT molecular complexity index is 601. The molecule has 0 aromatic carbocycles. The van der Waals surface area contributed by atoms with Crippen molar-refractivity contribution in [2.45, 2.75) is 45.2 Å². The Balaban J connectivity index is 1.89. The normalized spacial score (nSPS) is 19.2. The molecular formula is C15H21N5O. The van der Waals surface area contributed by atoms with Gasteiger partial charge in [-0.05, 0) is 45.2 Å². The summed E-state index contributed by atoms with van der Waals surface area (Å²) >= 11 is 0. The number of nitrogens with zero attached hydrogens (tertiary/aromatic N) is 4. The number of aromatic amines is 1. The summed E-state index contributed by atoms with van der Waals surface area (Å²) < 4.78 is 1.79. The topological polar surface area (TPSA) is 66.8 Å². The van der Waals surface area contributed by atoms with E-state index in [9.17, 15) is 4.79 Å². The molecule has 1 aliphatic rings. The molecule has 3 rings (SSSR count). The fourth-order valence-electron chi connectivity index (χ4n) is 2.99. The SMILES string of the molecule is CC(C)n1nccc1C(=O)N1CCCCC1c1ccn[nH]1. The van der Waals surface area contributed by atoms with Gasteiger partial charge >= 0.3 is 0 Å². The predicted molar refractivity (Wildman–Crippen MR) is 78.8 cm³/mol. The molecule has 1 N–H and O–H groups in total. The summed E-state index contributed by atoms with van der Waals surface area (Å²) in [6.45, 7) is 4.85. The average molecular weight is 287 g/mol. The van der Waals surface area contributed by atoms with Crippen molar-refractivity contribution in [2.75, 3.05) is 6.54 Å². The van der Waals surface area contributed by atoms with Crippen molar-refractivity contribution in [3.8, 4) is 0 Å². The van der Waals surface area contributed by atoms with Crippen molar-refractivity contribution in [3.05, 3.63) is 35.9 Å².